The van der Waals surface area contributed by atoms with Crippen molar-refractivity contribution in [2.24, 2.45) is 0 Å². The summed E-state index contributed by atoms with van der Waals surface area (Å²) in [5.74, 6) is -0.617. The lowest BCUT2D eigenvalue weighted by molar-refractivity contribution is -0.143. The van der Waals surface area contributed by atoms with Crippen LogP contribution in [0, 0.1) is 0 Å². The molecule has 132 valence electrons. The van der Waals surface area contributed by atoms with Crippen molar-refractivity contribution in [2.45, 2.75) is 20.0 Å². The molecule has 0 fully saturated rings. The standard InChI is InChI=1S/C20H24N2O3/c1-2-25-20(24)13-21-19(23)16-22(14-17-9-5-3-6-10-17)15-18-11-7-4-8-12-18/h3-12H,2,13-16H2,1H3,(H,21,23). The molecule has 0 aliphatic heterocycles. The molecule has 25 heavy (non-hydrogen) atoms. The van der Waals surface area contributed by atoms with Gasteiger partial charge in [0.25, 0.3) is 0 Å². The van der Waals surface area contributed by atoms with E-state index in [1.54, 1.807) is 6.92 Å². The second kappa shape index (κ2) is 10.3. The first-order valence-corrected chi connectivity index (χ1v) is 8.40. The van der Waals surface area contributed by atoms with Gasteiger partial charge in [-0.1, -0.05) is 60.7 Å². The highest BCUT2D eigenvalue weighted by Crippen LogP contribution is 2.09. The molecule has 0 aliphatic carbocycles. The van der Waals surface area contributed by atoms with Crippen molar-refractivity contribution in [3.63, 3.8) is 0 Å². The number of hydrogen-bond acceptors (Lipinski definition) is 4. The van der Waals surface area contributed by atoms with Crippen LogP contribution in [0.15, 0.2) is 60.7 Å². The zero-order valence-corrected chi connectivity index (χ0v) is 14.5. The number of benzene rings is 2. The summed E-state index contributed by atoms with van der Waals surface area (Å²) in [6.45, 7) is 3.47. The lowest BCUT2D eigenvalue weighted by Crippen LogP contribution is -2.39. The van der Waals surface area contributed by atoms with E-state index in [4.69, 9.17) is 4.74 Å². The molecule has 0 saturated heterocycles. The predicted molar refractivity (Wildman–Crippen MR) is 96.6 cm³/mol. The van der Waals surface area contributed by atoms with E-state index < -0.39 is 5.97 Å². The van der Waals surface area contributed by atoms with Crippen molar-refractivity contribution in [1.82, 2.24) is 10.2 Å². The van der Waals surface area contributed by atoms with E-state index >= 15 is 0 Å². The van der Waals surface area contributed by atoms with E-state index in [0.717, 1.165) is 11.1 Å². The van der Waals surface area contributed by atoms with Gasteiger partial charge in [0.1, 0.15) is 6.54 Å². The Kier molecular flexibility index (Phi) is 7.66. The van der Waals surface area contributed by atoms with Gasteiger partial charge >= 0.3 is 5.97 Å². The summed E-state index contributed by atoms with van der Waals surface area (Å²) in [5.41, 5.74) is 2.27. The summed E-state index contributed by atoms with van der Waals surface area (Å²) in [5, 5.41) is 2.61. The minimum absolute atomic E-state index is 0.100. The molecule has 2 aromatic rings. The van der Waals surface area contributed by atoms with Crippen LogP contribution in [0.4, 0.5) is 0 Å². The SMILES string of the molecule is CCOC(=O)CNC(=O)CN(Cc1ccccc1)Cc1ccccc1. The van der Waals surface area contributed by atoms with Crippen LogP contribution >= 0.6 is 0 Å². The molecule has 5 heteroatoms. The molecule has 0 aromatic heterocycles. The second-order valence-corrected chi connectivity index (χ2v) is 5.70. The monoisotopic (exact) mass is 340 g/mol. The molecule has 5 nitrogen and oxygen atoms in total. The van der Waals surface area contributed by atoms with Gasteiger partial charge < -0.3 is 10.1 Å². The second-order valence-electron chi connectivity index (χ2n) is 5.70. The molecule has 0 unspecified atom stereocenters. The fourth-order valence-corrected chi connectivity index (χ4v) is 2.49. The van der Waals surface area contributed by atoms with Crippen molar-refractivity contribution < 1.29 is 14.3 Å². The number of carbonyl (C=O) groups excluding carboxylic acids is 2. The maximum atomic E-state index is 12.2. The number of nitrogens with one attached hydrogen (secondary N) is 1. The predicted octanol–water partition coefficient (Wildman–Crippen LogP) is 2.37. The molecule has 0 atom stereocenters. The van der Waals surface area contributed by atoms with Gasteiger partial charge in [-0.05, 0) is 18.1 Å². The van der Waals surface area contributed by atoms with E-state index in [2.05, 4.69) is 5.32 Å². The summed E-state index contributed by atoms with van der Waals surface area (Å²) in [6.07, 6.45) is 0. The molecule has 1 N–H and O–H groups in total. The Balaban J connectivity index is 1.96. The van der Waals surface area contributed by atoms with E-state index in [0.29, 0.717) is 19.7 Å². The Morgan fingerprint density at radius 2 is 1.44 bits per heavy atom. The van der Waals surface area contributed by atoms with Crippen LogP contribution in [-0.4, -0.2) is 36.5 Å². The molecular formula is C20H24N2O3. The van der Waals surface area contributed by atoms with E-state index in [-0.39, 0.29) is 19.0 Å². The van der Waals surface area contributed by atoms with Crippen molar-refractivity contribution in [3.8, 4) is 0 Å². The summed E-state index contributed by atoms with van der Waals surface area (Å²) in [6, 6.07) is 20.0. The zero-order valence-electron chi connectivity index (χ0n) is 14.5. The van der Waals surface area contributed by atoms with Crippen LogP contribution < -0.4 is 5.32 Å². The molecule has 2 rings (SSSR count). The Hall–Kier alpha value is -2.66. The lowest BCUT2D eigenvalue weighted by Gasteiger charge is -2.22. The van der Waals surface area contributed by atoms with Crippen LogP contribution in [0.1, 0.15) is 18.1 Å². The van der Waals surface area contributed by atoms with Gasteiger partial charge in [0.2, 0.25) is 5.91 Å². The van der Waals surface area contributed by atoms with Crippen molar-refractivity contribution in [3.05, 3.63) is 71.8 Å². The summed E-state index contributed by atoms with van der Waals surface area (Å²) in [4.78, 5) is 25.6. The Labute approximate surface area is 148 Å². The number of nitrogens with zero attached hydrogens (tertiary/aromatic N) is 1. The minimum Gasteiger partial charge on any atom is -0.465 e. The third kappa shape index (κ3) is 7.18. The normalized spacial score (nSPS) is 10.5. The van der Waals surface area contributed by atoms with Crippen LogP contribution in [0.3, 0.4) is 0 Å². The summed E-state index contributed by atoms with van der Waals surface area (Å²) < 4.78 is 4.82. The first-order chi connectivity index (χ1) is 12.2. The third-order valence-electron chi connectivity index (χ3n) is 3.60. The molecule has 0 heterocycles. The Morgan fingerprint density at radius 1 is 0.920 bits per heavy atom. The highest BCUT2D eigenvalue weighted by atomic mass is 16.5. The van der Waals surface area contributed by atoms with Gasteiger partial charge in [-0.25, -0.2) is 0 Å². The number of amides is 1. The first-order valence-electron chi connectivity index (χ1n) is 8.40. The van der Waals surface area contributed by atoms with Crippen LogP contribution in [-0.2, 0) is 27.4 Å². The van der Waals surface area contributed by atoms with Crippen molar-refractivity contribution in [2.75, 3.05) is 19.7 Å². The molecule has 2 aromatic carbocycles. The van der Waals surface area contributed by atoms with Crippen LogP contribution in [0.2, 0.25) is 0 Å². The highest BCUT2D eigenvalue weighted by molar-refractivity contribution is 5.83. The third-order valence-corrected chi connectivity index (χ3v) is 3.60. The Morgan fingerprint density at radius 3 is 1.92 bits per heavy atom. The van der Waals surface area contributed by atoms with E-state index in [9.17, 15) is 9.59 Å². The molecule has 0 aliphatic rings. The topological polar surface area (TPSA) is 58.6 Å². The average molecular weight is 340 g/mol. The minimum atomic E-state index is -0.423. The zero-order chi connectivity index (χ0) is 17.9. The average Bonchev–Trinajstić information content (AvgIpc) is 2.62. The quantitative estimate of drug-likeness (QED) is 0.712. The fraction of sp³-hybridized carbons (Fsp3) is 0.300. The molecule has 1 amide bonds. The maximum absolute atomic E-state index is 12.2. The molecule has 0 spiro atoms. The largest absolute Gasteiger partial charge is 0.465 e. The number of carbonyl (C=O) groups is 2. The lowest BCUT2D eigenvalue weighted by atomic mass is 10.1. The van der Waals surface area contributed by atoms with Crippen molar-refractivity contribution >= 4 is 11.9 Å². The van der Waals surface area contributed by atoms with Crippen molar-refractivity contribution in [1.29, 1.82) is 0 Å². The molecule has 0 bridgehead atoms. The highest BCUT2D eigenvalue weighted by Gasteiger charge is 2.13. The maximum Gasteiger partial charge on any atom is 0.325 e. The number of esters is 1. The van der Waals surface area contributed by atoms with E-state index in [1.165, 1.54) is 0 Å². The Bertz CT molecular complexity index is 618. The number of hydrogen-bond donors (Lipinski definition) is 1. The number of ether oxygens (including phenoxy) is 1. The van der Waals surface area contributed by atoms with Gasteiger partial charge in [-0.2, -0.15) is 0 Å². The first kappa shape index (κ1) is 18.7. The molecule has 0 radical (unpaired) electrons. The van der Waals surface area contributed by atoms with Gasteiger partial charge in [0.05, 0.1) is 13.2 Å². The van der Waals surface area contributed by atoms with Gasteiger partial charge in [-0.3, -0.25) is 14.5 Å². The summed E-state index contributed by atoms with van der Waals surface area (Å²) in [7, 11) is 0. The fourth-order valence-electron chi connectivity index (χ4n) is 2.49. The van der Waals surface area contributed by atoms with Gasteiger partial charge in [0, 0.05) is 13.1 Å². The smallest absolute Gasteiger partial charge is 0.325 e. The molecular weight excluding hydrogens is 316 g/mol. The summed E-state index contributed by atoms with van der Waals surface area (Å²) >= 11 is 0. The molecule has 0 saturated carbocycles. The number of rotatable bonds is 9. The van der Waals surface area contributed by atoms with Gasteiger partial charge in [-0.15, -0.1) is 0 Å². The van der Waals surface area contributed by atoms with Gasteiger partial charge in [0.15, 0.2) is 0 Å². The van der Waals surface area contributed by atoms with E-state index in [1.807, 2.05) is 65.6 Å². The van der Waals surface area contributed by atoms with Crippen LogP contribution in [0.25, 0.3) is 0 Å². The van der Waals surface area contributed by atoms with Crippen LogP contribution in [0.5, 0.6) is 0 Å².